The van der Waals surface area contributed by atoms with Crippen molar-refractivity contribution < 1.29 is 9.47 Å². The Kier molecular flexibility index (Phi) is 23.2. The van der Waals surface area contributed by atoms with E-state index in [9.17, 15) is 0 Å². The predicted octanol–water partition coefficient (Wildman–Crippen LogP) is 9.82. The van der Waals surface area contributed by atoms with Gasteiger partial charge in [-0.2, -0.15) is 0 Å². The van der Waals surface area contributed by atoms with Gasteiger partial charge in [-0.15, -0.1) is 0 Å². The minimum atomic E-state index is -0.478. The van der Waals surface area contributed by atoms with Crippen LogP contribution in [0.5, 0.6) is 0 Å². The van der Waals surface area contributed by atoms with E-state index >= 15 is 0 Å². The van der Waals surface area contributed by atoms with Gasteiger partial charge >= 0.3 is 0 Å². The van der Waals surface area contributed by atoms with E-state index in [0.717, 1.165) is 19.8 Å². The van der Waals surface area contributed by atoms with E-state index in [2.05, 4.69) is 46.9 Å². The van der Waals surface area contributed by atoms with Crippen molar-refractivity contribution in [1.82, 2.24) is 5.32 Å². The van der Waals surface area contributed by atoms with Gasteiger partial charge in [-0.25, -0.2) is 0 Å². The first-order valence-electron chi connectivity index (χ1n) is 15.5. The van der Waals surface area contributed by atoms with E-state index in [-0.39, 0.29) is 5.41 Å². The molecule has 34 heavy (non-hydrogen) atoms. The predicted molar refractivity (Wildman–Crippen MR) is 152 cm³/mol. The van der Waals surface area contributed by atoms with Crippen molar-refractivity contribution >= 4 is 0 Å². The van der Waals surface area contributed by atoms with Crippen LogP contribution >= 0.6 is 0 Å². The van der Waals surface area contributed by atoms with Crippen LogP contribution in [0, 0.1) is 5.41 Å². The van der Waals surface area contributed by atoms with Crippen molar-refractivity contribution in [2.45, 2.75) is 169 Å². The van der Waals surface area contributed by atoms with Crippen molar-refractivity contribution in [1.29, 1.82) is 0 Å². The summed E-state index contributed by atoms with van der Waals surface area (Å²) in [7, 11) is 0. The van der Waals surface area contributed by atoms with Crippen LogP contribution in [0.1, 0.15) is 164 Å². The SMILES string of the molecule is CCCCCCCCCCNCCCC(CCC)(CCCCCCCC)C(C)(OCC)OCC. The average Bonchev–Trinajstić information content (AvgIpc) is 2.82. The second-order valence-electron chi connectivity index (χ2n) is 10.7. The van der Waals surface area contributed by atoms with E-state index in [1.807, 2.05) is 0 Å². The molecule has 0 amide bonds. The average molecular weight is 484 g/mol. The highest BCUT2D eigenvalue weighted by atomic mass is 16.7. The van der Waals surface area contributed by atoms with Crippen molar-refractivity contribution in [3.63, 3.8) is 0 Å². The first-order valence-corrected chi connectivity index (χ1v) is 15.5. The molecule has 0 aromatic heterocycles. The first-order chi connectivity index (χ1) is 16.6. The molecule has 0 aliphatic carbocycles. The van der Waals surface area contributed by atoms with E-state index in [0.29, 0.717) is 0 Å². The maximum atomic E-state index is 6.40. The van der Waals surface area contributed by atoms with Crippen LogP contribution in [0.25, 0.3) is 0 Å². The summed E-state index contributed by atoms with van der Waals surface area (Å²) in [5, 5.41) is 3.74. The normalized spacial score (nSPS) is 13.9. The highest BCUT2D eigenvalue weighted by Crippen LogP contribution is 2.48. The van der Waals surface area contributed by atoms with E-state index in [1.165, 1.54) is 129 Å². The molecule has 0 saturated heterocycles. The Morgan fingerprint density at radius 2 is 0.912 bits per heavy atom. The summed E-state index contributed by atoms with van der Waals surface area (Å²) in [6.07, 6.45) is 25.2. The molecule has 0 aromatic rings. The zero-order valence-electron chi connectivity index (χ0n) is 24.6. The third-order valence-electron chi connectivity index (χ3n) is 7.76. The van der Waals surface area contributed by atoms with Crippen molar-refractivity contribution in [2.75, 3.05) is 26.3 Å². The Morgan fingerprint density at radius 3 is 1.41 bits per heavy atom. The van der Waals surface area contributed by atoms with Gasteiger partial charge in [-0.05, 0) is 66.0 Å². The molecule has 0 rings (SSSR count). The number of nitrogens with one attached hydrogen (secondary N) is 1. The van der Waals surface area contributed by atoms with Crippen molar-refractivity contribution in [2.24, 2.45) is 5.41 Å². The highest BCUT2D eigenvalue weighted by molar-refractivity contribution is 4.92. The quantitative estimate of drug-likeness (QED) is 0.0931. The third-order valence-corrected chi connectivity index (χ3v) is 7.76. The fourth-order valence-electron chi connectivity index (χ4n) is 5.74. The van der Waals surface area contributed by atoms with E-state index < -0.39 is 5.79 Å². The fourth-order valence-corrected chi connectivity index (χ4v) is 5.74. The molecular weight excluding hydrogens is 418 g/mol. The zero-order valence-corrected chi connectivity index (χ0v) is 24.6. The Hall–Kier alpha value is -0.120. The molecule has 3 nitrogen and oxygen atoms in total. The second-order valence-corrected chi connectivity index (χ2v) is 10.7. The molecule has 0 spiro atoms. The van der Waals surface area contributed by atoms with Crippen LogP contribution in [-0.4, -0.2) is 32.1 Å². The molecule has 1 N–H and O–H groups in total. The standard InChI is InChI=1S/C31H65NO2/c1-7-12-14-16-18-19-21-23-28-32-29-24-27-31(25-9-3,26-22-20-17-15-13-8-2)30(6,33-10-4)34-11-5/h32H,7-29H2,1-6H3. The molecule has 1 atom stereocenters. The van der Waals surface area contributed by atoms with Crippen LogP contribution in [-0.2, 0) is 9.47 Å². The molecule has 206 valence electrons. The van der Waals surface area contributed by atoms with Gasteiger partial charge in [0.1, 0.15) is 0 Å². The third kappa shape index (κ3) is 15.1. The largest absolute Gasteiger partial charge is 0.350 e. The lowest BCUT2D eigenvalue weighted by molar-refractivity contribution is -0.293. The maximum Gasteiger partial charge on any atom is 0.170 e. The Bertz CT molecular complexity index is 408. The number of hydrogen-bond acceptors (Lipinski definition) is 3. The number of hydrogen-bond donors (Lipinski definition) is 1. The smallest absolute Gasteiger partial charge is 0.170 e. The maximum absolute atomic E-state index is 6.40. The molecule has 0 aliphatic heterocycles. The number of unbranched alkanes of at least 4 members (excludes halogenated alkanes) is 12. The molecule has 0 bridgehead atoms. The van der Waals surface area contributed by atoms with Gasteiger partial charge in [-0.1, -0.05) is 111 Å². The molecule has 0 saturated carbocycles. The van der Waals surface area contributed by atoms with E-state index in [1.54, 1.807) is 0 Å². The lowest BCUT2D eigenvalue weighted by atomic mass is 9.68. The van der Waals surface area contributed by atoms with Gasteiger partial charge in [0.15, 0.2) is 5.79 Å². The minimum absolute atomic E-state index is 0.110. The van der Waals surface area contributed by atoms with Crippen LogP contribution in [0.2, 0.25) is 0 Å². The van der Waals surface area contributed by atoms with Gasteiger partial charge in [0.25, 0.3) is 0 Å². The van der Waals surface area contributed by atoms with Crippen molar-refractivity contribution in [3.8, 4) is 0 Å². The molecule has 0 radical (unpaired) electrons. The number of rotatable bonds is 27. The Balaban J connectivity index is 4.65. The zero-order chi connectivity index (χ0) is 25.4. The second kappa shape index (κ2) is 23.3. The molecular formula is C31H65NO2. The summed E-state index contributed by atoms with van der Waals surface area (Å²) in [5.74, 6) is -0.478. The summed E-state index contributed by atoms with van der Waals surface area (Å²) < 4.78 is 12.8. The number of ether oxygens (including phenoxy) is 2. The van der Waals surface area contributed by atoms with Crippen LogP contribution in [0.4, 0.5) is 0 Å². The molecule has 0 aromatic carbocycles. The van der Waals surface area contributed by atoms with Gasteiger partial charge < -0.3 is 14.8 Å². The molecule has 0 heterocycles. The lowest BCUT2D eigenvalue weighted by Gasteiger charge is -2.48. The minimum Gasteiger partial charge on any atom is -0.350 e. The highest BCUT2D eigenvalue weighted by Gasteiger charge is 2.48. The monoisotopic (exact) mass is 484 g/mol. The van der Waals surface area contributed by atoms with Gasteiger partial charge in [0.05, 0.1) is 0 Å². The van der Waals surface area contributed by atoms with Crippen molar-refractivity contribution in [3.05, 3.63) is 0 Å². The van der Waals surface area contributed by atoms with Gasteiger partial charge in [0, 0.05) is 18.6 Å². The summed E-state index contributed by atoms with van der Waals surface area (Å²) in [6.45, 7) is 17.1. The Morgan fingerprint density at radius 1 is 0.471 bits per heavy atom. The molecule has 0 fully saturated rings. The Labute approximate surface area is 215 Å². The van der Waals surface area contributed by atoms with Gasteiger partial charge in [0.2, 0.25) is 0 Å². The van der Waals surface area contributed by atoms with Gasteiger partial charge in [-0.3, -0.25) is 0 Å². The summed E-state index contributed by atoms with van der Waals surface area (Å²) in [5.41, 5.74) is 0.110. The summed E-state index contributed by atoms with van der Waals surface area (Å²) in [4.78, 5) is 0. The summed E-state index contributed by atoms with van der Waals surface area (Å²) >= 11 is 0. The molecule has 1 unspecified atom stereocenters. The van der Waals surface area contributed by atoms with E-state index in [4.69, 9.17) is 9.47 Å². The fraction of sp³-hybridized carbons (Fsp3) is 1.00. The van der Waals surface area contributed by atoms with Crippen LogP contribution in [0.3, 0.4) is 0 Å². The first kappa shape index (κ1) is 33.9. The molecule has 0 aliphatic rings. The van der Waals surface area contributed by atoms with Crippen LogP contribution in [0.15, 0.2) is 0 Å². The lowest BCUT2D eigenvalue weighted by Crippen LogP contribution is -2.51. The summed E-state index contributed by atoms with van der Waals surface area (Å²) in [6, 6.07) is 0. The topological polar surface area (TPSA) is 30.5 Å². The molecule has 3 heteroatoms. The van der Waals surface area contributed by atoms with Crippen LogP contribution < -0.4 is 5.32 Å².